The Morgan fingerprint density at radius 2 is 1.77 bits per heavy atom. The van der Waals surface area contributed by atoms with E-state index in [9.17, 15) is 18.7 Å². The molecule has 9 heteroatoms. The number of nitrogens with zero attached hydrogens (tertiary/aromatic N) is 2. The number of alkyl halides is 2. The molecule has 2 aromatic carbocycles. The maximum absolute atomic E-state index is 13.7. The number of carboxylic acids is 1. The van der Waals surface area contributed by atoms with Gasteiger partial charge in [0.25, 0.3) is 5.92 Å². The molecule has 1 aliphatic heterocycles. The van der Waals surface area contributed by atoms with Crippen molar-refractivity contribution in [2.45, 2.75) is 18.8 Å². The Morgan fingerprint density at radius 3 is 2.47 bits per heavy atom. The van der Waals surface area contributed by atoms with E-state index in [-0.39, 0.29) is 31.5 Å². The van der Waals surface area contributed by atoms with Crippen molar-refractivity contribution in [1.29, 1.82) is 0 Å². The fourth-order valence-corrected chi connectivity index (χ4v) is 3.88. The van der Waals surface area contributed by atoms with Gasteiger partial charge in [-0.05, 0) is 36.4 Å². The molecule has 3 aromatic rings. The zero-order chi connectivity index (χ0) is 21.5. The van der Waals surface area contributed by atoms with Gasteiger partial charge in [-0.2, -0.15) is 0 Å². The van der Waals surface area contributed by atoms with Crippen molar-refractivity contribution in [2.75, 3.05) is 23.3 Å². The van der Waals surface area contributed by atoms with Crippen molar-refractivity contribution in [1.82, 2.24) is 4.98 Å². The number of carboxylic acid groups (broad SMARTS) is 1. The molecule has 0 amide bonds. The van der Waals surface area contributed by atoms with Crippen LogP contribution in [0.25, 0.3) is 10.9 Å². The first-order chi connectivity index (χ1) is 14.2. The maximum Gasteiger partial charge on any atom is 0.337 e. The molecule has 0 aliphatic carbocycles. The molecule has 0 spiro atoms. The Labute approximate surface area is 181 Å². The SMILES string of the molecule is O=C(O)c1cc(Cl)ccc1Nc1c(N2CCC(F)(F)CC2)cnc2ccc(Cl)cc12. The quantitative estimate of drug-likeness (QED) is 0.492. The minimum absolute atomic E-state index is 0.00869. The molecule has 30 heavy (non-hydrogen) atoms. The zero-order valence-corrected chi connectivity index (χ0v) is 17.1. The number of pyridine rings is 1. The van der Waals surface area contributed by atoms with Gasteiger partial charge in [-0.15, -0.1) is 0 Å². The summed E-state index contributed by atoms with van der Waals surface area (Å²) >= 11 is 12.2. The third-order valence-corrected chi connectivity index (χ3v) is 5.59. The molecule has 1 aromatic heterocycles. The number of benzene rings is 2. The van der Waals surface area contributed by atoms with Gasteiger partial charge in [0.05, 0.1) is 34.3 Å². The molecule has 2 heterocycles. The van der Waals surface area contributed by atoms with Crippen molar-refractivity contribution in [2.24, 2.45) is 0 Å². The van der Waals surface area contributed by atoms with Gasteiger partial charge in [0.1, 0.15) is 0 Å². The first-order valence-electron chi connectivity index (χ1n) is 9.24. The van der Waals surface area contributed by atoms with E-state index in [2.05, 4.69) is 10.3 Å². The minimum Gasteiger partial charge on any atom is -0.478 e. The average Bonchev–Trinajstić information content (AvgIpc) is 2.69. The third-order valence-electron chi connectivity index (χ3n) is 5.12. The summed E-state index contributed by atoms with van der Waals surface area (Å²) in [4.78, 5) is 18.0. The van der Waals surface area contributed by atoms with Crippen LogP contribution in [0.1, 0.15) is 23.2 Å². The van der Waals surface area contributed by atoms with E-state index in [4.69, 9.17) is 23.2 Å². The predicted molar refractivity (Wildman–Crippen MR) is 115 cm³/mol. The Kier molecular flexibility index (Phi) is 5.42. The van der Waals surface area contributed by atoms with Gasteiger partial charge in [0.2, 0.25) is 0 Å². The predicted octanol–water partition coefficient (Wildman–Crippen LogP) is 6.22. The number of piperidine rings is 1. The number of carbonyl (C=O) groups is 1. The smallest absolute Gasteiger partial charge is 0.337 e. The molecule has 5 nitrogen and oxygen atoms in total. The zero-order valence-electron chi connectivity index (χ0n) is 15.6. The van der Waals surface area contributed by atoms with Crippen molar-refractivity contribution >= 4 is 57.1 Å². The van der Waals surface area contributed by atoms with Crippen LogP contribution >= 0.6 is 23.2 Å². The molecular formula is C21H17Cl2F2N3O2. The van der Waals surface area contributed by atoms with Gasteiger partial charge >= 0.3 is 5.97 Å². The molecule has 2 N–H and O–H groups in total. The second-order valence-corrected chi connectivity index (χ2v) is 8.02. The Hall–Kier alpha value is -2.64. The van der Waals surface area contributed by atoms with Crippen LogP contribution in [-0.4, -0.2) is 35.1 Å². The number of anilines is 3. The summed E-state index contributed by atoms with van der Waals surface area (Å²) in [6.07, 6.45) is 1.08. The van der Waals surface area contributed by atoms with Crippen molar-refractivity contribution in [3.63, 3.8) is 0 Å². The Balaban J connectivity index is 1.85. The summed E-state index contributed by atoms with van der Waals surface area (Å²) in [5.74, 6) is -3.83. The van der Waals surface area contributed by atoms with E-state index in [0.717, 1.165) is 0 Å². The van der Waals surface area contributed by atoms with Crippen LogP contribution in [0.3, 0.4) is 0 Å². The number of aromatic carboxylic acids is 1. The lowest BCUT2D eigenvalue weighted by Gasteiger charge is -2.34. The molecule has 0 radical (unpaired) electrons. The second-order valence-electron chi connectivity index (χ2n) is 7.14. The summed E-state index contributed by atoms with van der Waals surface area (Å²) in [6, 6.07) is 9.66. The van der Waals surface area contributed by atoms with Crippen LogP contribution in [0.4, 0.5) is 25.8 Å². The van der Waals surface area contributed by atoms with Gasteiger partial charge in [0, 0.05) is 41.4 Å². The number of nitrogens with one attached hydrogen (secondary N) is 1. The molecule has 0 atom stereocenters. The Morgan fingerprint density at radius 1 is 1.10 bits per heavy atom. The minimum atomic E-state index is -2.69. The maximum atomic E-state index is 13.7. The molecule has 156 valence electrons. The largest absolute Gasteiger partial charge is 0.478 e. The first-order valence-corrected chi connectivity index (χ1v) is 10.00. The summed E-state index contributed by atoms with van der Waals surface area (Å²) in [7, 11) is 0. The van der Waals surface area contributed by atoms with Gasteiger partial charge in [-0.1, -0.05) is 23.2 Å². The monoisotopic (exact) mass is 451 g/mol. The third kappa shape index (κ3) is 4.13. The van der Waals surface area contributed by atoms with Gasteiger partial charge in [-0.3, -0.25) is 4.98 Å². The number of aromatic nitrogens is 1. The highest BCUT2D eigenvalue weighted by Gasteiger charge is 2.35. The molecule has 1 fully saturated rings. The fourth-order valence-electron chi connectivity index (χ4n) is 3.54. The average molecular weight is 452 g/mol. The highest BCUT2D eigenvalue weighted by Crippen LogP contribution is 2.40. The van der Waals surface area contributed by atoms with E-state index in [1.165, 1.54) is 6.07 Å². The van der Waals surface area contributed by atoms with Crippen LogP contribution in [-0.2, 0) is 0 Å². The summed E-state index contributed by atoms with van der Waals surface area (Å²) in [5, 5.41) is 14.2. The number of hydrogen-bond acceptors (Lipinski definition) is 4. The molecule has 0 bridgehead atoms. The van der Waals surface area contributed by atoms with Crippen molar-refractivity contribution in [3.05, 3.63) is 58.2 Å². The van der Waals surface area contributed by atoms with Gasteiger partial charge in [-0.25, -0.2) is 13.6 Å². The Bertz CT molecular complexity index is 1130. The van der Waals surface area contributed by atoms with E-state index < -0.39 is 11.9 Å². The van der Waals surface area contributed by atoms with E-state index in [1.807, 2.05) is 4.90 Å². The number of fused-ring (bicyclic) bond motifs is 1. The lowest BCUT2D eigenvalue weighted by atomic mass is 10.0. The summed E-state index contributed by atoms with van der Waals surface area (Å²) < 4.78 is 27.3. The van der Waals surface area contributed by atoms with Crippen molar-refractivity contribution in [3.8, 4) is 0 Å². The summed E-state index contributed by atoms with van der Waals surface area (Å²) in [6.45, 7) is 0.309. The molecule has 0 unspecified atom stereocenters. The lowest BCUT2D eigenvalue weighted by molar-refractivity contribution is -0.0220. The topological polar surface area (TPSA) is 65.5 Å². The van der Waals surface area contributed by atoms with E-state index in [0.29, 0.717) is 38.0 Å². The standard InChI is InChI=1S/C21H17Cl2F2N3O2/c22-12-1-3-16-14(9-12)19(27-17-4-2-13(23)10-15(17)20(29)30)18(11-26-16)28-7-5-21(24,25)6-8-28/h1-4,9-11H,5-8H2,(H,26,27)(H,29,30). The van der Waals surface area contributed by atoms with Gasteiger partial charge in [0.15, 0.2) is 0 Å². The number of hydrogen-bond donors (Lipinski definition) is 2. The van der Waals surface area contributed by atoms with Crippen LogP contribution in [0.2, 0.25) is 10.0 Å². The highest BCUT2D eigenvalue weighted by atomic mass is 35.5. The molecule has 1 saturated heterocycles. The van der Waals surface area contributed by atoms with E-state index >= 15 is 0 Å². The second kappa shape index (κ2) is 7.89. The fraction of sp³-hybridized carbons (Fsp3) is 0.238. The van der Waals surface area contributed by atoms with Crippen LogP contribution in [0.5, 0.6) is 0 Å². The summed E-state index contributed by atoms with van der Waals surface area (Å²) in [5.41, 5.74) is 2.11. The van der Waals surface area contributed by atoms with Crippen LogP contribution in [0, 0.1) is 0 Å². The van der Waals surface area contributed by atoms with Crippen LogP contribution in [0.15, 0.2) is 42.6 Å². The lowest BCUT2D eigenvalue weighted by Crippen LogP contribution is -2.39. The number of halogens is 4. The highest BCUT2D eigenvalue weighted by molar-refractivity contribution is 6.32. The van der Waals surface area contributed by atoms with Crippen LogP contribution < -0.4 is 10.2 Å². The van der Waals surface area contributed by atoms with E-state index in [1.54, 1.807) is 36.5 Å². The van der Waals surface area contributed by atoms with Crippen molar-refractivity contribution < 1.29 is 18.7 Å². The molecule has 0 saturated carbocycles. The normalized spacial score (nSPS) is 15.9. The molecule has 4 rings (SSSR count). The first kappa shape index (κ1) is 20.6. The van der Waals surface area contributed by atoms with Gasteiger partial charge < -0.3 is 15.3 Å². The molecular weight excluding hydrogens is 435 g/mol. The number of rotatable bonds is 4. The molecule has 1 aliphatic rings.